The highest BCUT2D eigenvalue weighted by Gasteiger charge is 2.21. The molecule has 0 N–H and O–H groups in total. The number of nitrogens with zero attached hydrogens (tertiary/aromatic N) is 7. The lowest BCUT2D eigenvalue weighted by Crippen LogP contribution is -2.47. The Labute approximate surface area is 135 Å². The van der Waals surface area contributed by atoms with Crippen LogP contribution in [-0.2, 0) is 0 Å². The normalized spacial score (nSPS) is 14.5. The van der Waals surface area contributed by atoms with Crippen molar-refractivity contribution in [2.75, 3.05) is 55.0 Å². The predicted octanol–water partition coefficient (Wildman–Crippen LogP) is 1.14. The van der Waals surface area contributed by atoms with Crippen molar-refractivity contribution in [1.82, 2.24) is 15.0 Å². The van der Waals surface area contributed by atoms with Crippen LogP contribution < -0.4 is 14.7 Å². The van der Waals surface area contributed by atoms with E-state index in [0.717, 1.165) is 43.8 Å². The van der Waals surface area contributed by atoms with Crippen LogP contribution in [0.4, 0.5) is 17.6 Å². The second kappa shape index (κ2) is 6.48. The number of hydrogen-bond acceptors (Lipinski definition) is 7. The number of anilines is 3. The zero-order valence-electron chi connectivity index (χ0n) is 13.3. The lowest BCUT2D eigenvalue weighted by Gasteiger charge is -2.35. The van der Waals surface area contributed by atoms with E-state index in [1.54, 1.807) is 24.5 Å². The Morgan fingerprint density at radius 1 is 1.04 bits per heavy atom. The molecule has 118 valence electrons. The third kappa shape index (κ3) is 3.16. The Balaban J connectivity index is 1.71. The third-order valence-electron chi connectivity index (χ3n) is 3.86. The van der Waals surface area contributed by atoms with Gasteiger partial charge in [0.05, 0.1) is 5.56 Å². The van der Waals surface area contributed by atoms with Crippen LogP contribution in [0.2, 0.25) is 0 Å². The van der Waals surface area contributed by atoms with Crippen molar-refractivity contribution in [3.63, 3.8) is 0 Å². The van der Waals surface area contributed by atoms with E-state index in [9.17, 15) is 5.26 Å². The number of aromatic nitrogens is 3. The Bertz CT molecular complexity index is 714. The standard InChI is InChI=1S/C16H19N7/c1-21(2)14-5-7-19-16(20-14)23-10-8-22(9-11-23)15-13(12-17)4-3-6-18-15/h3-7H,8-11H2,1-2H3. The maximum Gasteiger partial charge on any atom is 0.227 e. The van der Waals surface area contributed by atoms with Gasteiger partial charge in [0.15, 0.2) is 0 Å². The molecule has 23 heavy (non-hydrogen) atoms. The summed E-state index contributed by atoms with van der Waals surface area (Å²) in [6.45, 7) is 3.19. The van der Waals surface area contributed by atoms with Crippen LogP contribution in [0.1, 0.15) is 5.56 Å². The first-order chi connectivity index (χ1) is 11.2. The SMILES string of the molecule is CN(C)c1ccnc(N2CCN(c3ncccc3C#N)CC2)n1. The van der Waals surface area contributed by atoms with E-state index >= 15 is 0 Å². The van der Waals surface area contributed by atoms with Crippen molar-refractivity contribution in [3.8, 4) is 6.07 Å². The van der Waals surface area contributed by atoms with E-state index in [-0.39, 0.29) is 0 Å². The van der Waals surface area contributed by atoms with Gasteiger partial charge in [-0.2, -0.15) is 10.2 Å². The van der Waals surface area contributed by atoms with E-state index in [4.69, 9.17) is 0 Å². The van der Waals surface area contributed by atoms with Gasteiger partial charge in [0, 0.05) is 52.7 Å². The summed E-state index contributed by atoms with van der Waals surface area (Å²) in [5.41, 5.74) is 0.617. The van der Waals surface area contributed by atoms with Gasteiger partial charge in [0.1, 0.15) is 17.7 Å². The fourth-order valence-electron chi connectivity index (χ4n) is 2.60. The number of pyridine rings is 1. The monoisotopic (exact) mass is 309 g/mol. The molecule has 0 spiro atoms. The van der Waals surface area contributed by atoms with Crippen LogP contribution in [0.3, 0.4) is 0 Å². The fraction of sp³-hybridized carbons (Fsp3) is 0.375. The summed E-state index contributed by atoms with van der Waals surface area (Å²) >= 11 is 0. The van der Waals surface area contributed by atoms with Crippen molar-refractivity contribution in [3.05, 3.63) is 36.2 Å². The van der Waals surface area contributed by atoms with E-state index in [1.807, 2.05) is 25.1 Å². The summed E-state index contributed by atoms with van der Waals surface area (Å²) in [5.74, 6) is 2.41. The summed E-state index contributed by atoms with van der Waals surface area (Å²) in [7, 11) is 3.93. The highest BCUT2D eigenvalue weighted by Crippen LogP contribution is 2.20. The number of nitriles is 1. The zero-order chi connectivity index (χ0) is 16.2. The minimum Gasteiger partial charge on any atom is -0.363 e. The Hall–Kier alpha value is -2.88. The maximum absolute atomic E-state index is 9.21. The van der Waals surface area contributed by atoms with Gasteiger partial charge in [0.25, 0.3) is 0 Å². The number of piperazine rings is 1. The van der Waals surface area contributed by atoms with Gasteiger partial charge < -0.3 is 14.7 Å². The van der Waals surface area contributed by atoms with Crippen LogP contribution >= 0.6 is 0 Å². The zero-order valence-corrected chi connectivity index (χ0v) is 13.3. The second-order valence-corrected chi connectivity index (χ2v) is 5.57. The van der Waals surface area contributed by atoms with Crippen LogP contribution in [-0.4, -0.2) is 55.2 Å². The van der Waals surface area contributed by atoms with Crippen molar-refractivity contribution in [2.24, 2.45) is 0 Å². The molecule has 0 amide bonds. The first-order valence-electron chi connectivity index (χ1n) is 7.54. The van der Waals surface area contributed by atoms with E-state index in [1.165, 1.54) is 0 Å². The van der Waals surface area contributed by atoms with Gasteiger partial charge >= 0.3 is 0 Å². The second-order valence-electron chi connectivity index (χ2n) is 5.57. The molecule has 7 heteroatoms. The predicted molar refractivity (Wildman–Crippen MR) is 89.7 cm³/mol. The molecule has 0 unspecified atom stereocenters. The van der Waals surface area contributed by atoms with Gasteiger partial charge in [-0.05, 0) is 18.2 Å². The summed E-state index contributed by atoms with van der Waals surface area (Å²) in [5, 5.41) is 9.21. The fourth-order valence-corrected chi connectivity index (χ4v) is 2.60. The lowest BCUT2D eigenvalue weighted by molar-refractivity contribution is 0.634. The van der Waals surface area contributed by atoms with Gasteiger partial charge in [0.2, 0.25) is 5.95 Å². The van der Waals surface area contributed by atoms with Crippen LogP contribution in [0.5, 0.6) is 0 Å². The first-order valence-corrected chi connectivity index (χ1v) is 7.54. The minimum absolute atomic E-state index is 0.617. The van der Waals surface area contributed by atoms with Gasteiger partial charge in [-0.1, -0.05) is 0 Å². The molecule has 7 nitrogen and oxygen atoms in total. The Kier molecular flexibility index (Phi) is 4.24. The molecule has 0 aromatic carbocycles. The summed E-state index contributed by atoms with van der Waals surface area (Å²) in [6.07, 6.45) is 3.52. The molecule has 1 aliphatic heterocycles. The largest absolute Gasteiger partial charge is 0.363 e. The van der Waals surface area contributed by atoms with Crippen molar-refractivity contribution >= 4 is 17.6 Å². The summed E-state index contributed by atoms with van der Waals surface area (Å²) in [6, 6.07) is 7.70. The molecule has 3 rings (SSSR count). The average molecular weight is 309 g/mol. The molecule has 0 bridgehead atoms. The molecular weight excluding hydrogens is 290 g/mol. The minimum atomic E-state index is 0.617. The van der Waals surface area contributed by atoms with E-state index in [0.29, 0.717) is 5.56 Å². The van der Waals surface area contributed by atoms with Crippen LogP contribution in [0, 0.1) is 11.3 Å². The molecule has 1 fully saturated rings. The number of hydrogen-bond donors (Lipinski definition) is 0. The molecular formula is C16H19N7. The van der Waals surface area contributed by atoms with E-state index < -0.39 is 0 Å². The highest BCUT2D eigenvalue weighted by atomic mass is 15.3. The van der Waals surface area contributed by atoms with Gasteiger partial charge in [-0.15, -0.1) is 0 Å². The molecule has 1 saturated heterocycles. The quantitative estimate of drug-likeness (QED) is 0.841. The molecule has 0 aliphatic carbocycles. The molecule has 1 aliphatic rings. The summed E-state index contributed by atoms with van der Waals surface area (Å²) < 4.78 is 0. The first kappa shape index (κ1) is 15.0. The Morgan fingerprint density at radius 3 is 2.48 bits per heavy atom. The third-order valence-corrected chi connectivity index (χ3v) is 3.86. The average Bonchev–Trinajstić information content (AvgIpc) is 2.62. The number of rotatable bonds is 3. The van der Waals surface area contributed by atoms with Crippen LogP contribution in [0.25, 0.3) is 0 Å². The summed E-state index contributed by atoms with van der Waals surface area (Å²) in [4.78, 5) is 19.6. The molecule has 3 heterocycles. The topological polar surface area (TPSA) is 72.2 Å². The lowest BCUT2D eigenvalue weighted by atomic mass is 10.2. The van der Waals surface area contributed by atoms with Crippen molar-refractivity contribution in [2.45, 2.75) is 0 Å². The smallest absolute Gasteiger partial charge is 0.227 e. The van der Waals surface area contributed by atoms with Gasteiger partial charge in [-0.3, -0.25) is 0 Å². The van der Waals surface area contributed by atoms with Crippen molar-refractivity contribution < 1.29 is 0 Å². The molecule has 0 saturated carbocycles. The van der Waals surface area contributed by atoms with Crippen LogP contribution in [0.15, 0.2) is 30.6 Å². The maximum atomic E-state index is 9.21. The molecule has 2 aromatic rings. The highest BCUT2D eigenvalue weighted by molar-refractivity contribution is 5.54. The molecule has 0 radical (unpaired) electrons. The molecule has 2 aromatic heterocycles. The Morgan fingerprint density at radius 2 is 1.78 bits per heavy atom. The van der Waals surface area contributed by atoms with Gasteiger partial charge in [-0.25, -0.2) is 9.97 Å². The van der Waals surface area contributed by atoms with E-state index in [2.05, 4.69) is 30.8 Å². The van der Waals surface area contributed by atoms with Crippen molar-refractivity contribution in [1.29, 1.82) is 5.26 Å². The molecule has 0 atom stereocenters.